The van der Waals surface area contributed by atoms with E-state index in [4.69, 9.17) is 10.2 Å². The van der Waals surface area contributed by atoms with E-state index < -0.39 is 0 Å². The van der Waals surface area contributed by atoms with Crippen molar-refractivity contribution in [3.05, 3.63) is 47.3 Å². The van der Waals surface area contributed by atoms with Crippen molar-refractivity contribution in [1.29, 1.82) is 0 Å². The Labute approximate surface area is 136 Å². The lowest BCUT2D eigenvalue weighted by Gasteiger charge is -1.97. The molecule has 0 aliphatic heterocycles. The van der Waals surface area contributed by atoms with Gasteiger partial charge in [0.1, 0.15) is 16.1 Å². The molecule has 0 atom stereocenters. The summed E-state index contributed by atoms with van der Waals surface area (Å²) < 4.78 is 5.85. The number of pyridine rings is 1. The minimum absolute atomic E-state index is 0.0517. The average Bonchev–Trinajstić information content (AvgIpc) is 3.15. The van der Waals surface area contributed by atoms with Gasteiger partial charge in [0.05, 0.1) is 10.6 Å². The molecular formula is C18H14N2O2S. The summed E-state index contributed by atoms with van der Waals surface area (Å²) in [5, 5.41) is 1.86. The predicted molar refractivity (Wildman–Crippen MR) is 93.9 cm³/mol. The summed E-state index contributed by atoms with van der Waals surface area (Å²) in [5.74, 6) is 0.763. The van der Waals surface area contributed by atoms with Crippen LogP contribution in [-0.4, -0.2) is 10.8 Å². The lowest BCUT2D eigenvalue weighted by molar-refractivity contribution is 0.0993. The van der Waals surface area contributed by atoms with Crippen molar-refractivity contribution in [2.75, 3.05) is 5.73 Å². The predicted octanol–water partition coefficient (Wildman–Crippen LogP) is 4.88. The van der Waals surface area contributed by atoms with Crippen LogP contribution in [0.4, 0.5) is 5.69 Å². The molecule has 0 radical (unpaired) electrons. The SMILES string of the molecule is CCC(=O)c1sc2nc(-c3cc4ccccc4o3)ccc2c1N. The van der Waals surface area contributed by atoms with Crippen LogP contribution in [0.2, 0.25) is 0 Å². The fraction of sp³-hybridized carbons (Fsp3) is 0.111. The molecule has 4 rings (SSSR count). The van der Waals surface area contributed by atoms with Crippen LogP contribution in [0.25, 0.3) is 32.6 Å². The van der Waals surface area contributed by atoms with Gasteiger partial charge in [-0.3, -0.25) is 4.79 Å². The van der Waals surface area contributed by atoms with E-state index in [0.29, 0.717) is 22.7 Å². The molecule has 5 heteroatoms. The molecule has 23 heavy (non-hydrogen) atoms. The van der Waals surface area contributed by atoms with Crippen molar-refractivity contribution in [1.82, 2.24) is 4.98 Å². The Hall–Kier alpha value is -2.66. The zero-order valence-electron chi connectivity index (χ0n) is 12.5. The van der Waals surface area contributed by atoms with Crippen molar-refractivity contribution < 1.29 is 9.21 Å². The Bertz CT molecular complexity index is 1010. The number of furan rings is 1. The molecule has 3 heterocycles. The maximum atomic E-state index is 12.0. The highest BCUT2D eigenvalue weighted by Gasteiger charge is 2.17. The number of carbonyl (C=O) groups excluding carboxylic acids is 1. The summed E-state index contributed by atoms with van der Waals surface area (Å²) in [4.78, 5) is 17.9. The molecule has 2 N–H and O–H groups in total. The first-order valence-corrected chi connectivity index (χ1v) is 8.20. The van der Waals surface area contributed by atoms with Crippen LogP contribution in [0.5, 0.6) is 0 Å². The quantitative estimate of drug-likeness (QED) is 0.545. The van der Waals surface area contributed by atoms with E-state index in [-0.39, 0.29) is 5.78 Å². The molecular weight excluding hydrogens is 308 g/mol. The minimum atomic E-state index is 0.0517. The maximum Gasteiger partial charge on any atom is 0.174 e. The summed E-state index contributed by atoms with van der Waals surface area (Å²) in [7, 11) is 0. The second-order valence-electron chi connectivity index (χ2n) is 5.32. The van der Waals surface area contributed by atoms with E-state index in [2.05, 4.69) is 4.98 Å². The van der Waals surface area contributed by atoms with Gasteiger partial charge in [0.2, 0.25) is 0 Å². The van der Waals surface area contributed by atoms with Crippen molar-refractivity contribution in [2.45, 2.75) is 13.3 Å². The van der Waals surface area contributed by atoms with Crippen LogP contribution in [-0.2, 0) is 0 Å². The number of ketones is 1. The molecule has 114 valence electrons. The van der Waals surface area contributed by atoms with E-state index in [9.17, 15) is 4.79 Å². The van der Waals surface area contributed by atoms with Gasteiger partial charge in [0.15, 0.2) is 11.5 Å². The highest BCUT2D eigenvalue weighted by atomic mass is 32.1. The number of anilines is 1. The van der Waals surface area contributed by atoms with Crippen LogP contribution in [0.3, 0.4) is 0 Å². The highest BCUT2D eigenvalue weighted by Crippen LogP contribution is 2.35. The summed E-state index contributed by atoms with van der Waals surface area (Å²) in [6.07, 6.45) is 0.438. The Morgan fingerprint density at radius 1 is 1.26 bits per heavy atom. The first-order valence-electron chi connectivity index (χ1n) is 7.38. The molecule has 3 aromatic heterocycles. The lowest BCUT2D eigenvalue weighted by Crippen LogP contribution is -1.97. The third-order valence-corrected chi connectivity index (χ3v) is 5.00. The van der Waals surface area contributed by atoms with E-state index in [1.807, 2.05) is 49.4 Å². The Morgan fingerprint density at radius 2 is 2.09 bits per heavy atom. The van der Waals surface area contributed by atoms with Gasteiger partial charge in [-0.25, -0.2) is 4.98 Å². The Morgan fingerprint density at radius 3 is 2.87 bits per heavy atom. The van der Waals surface area contributed by atoms with Crippen LogP contribution >= 0.6 is 11.3 Å². The molecule has 0 aliphatic carbocycles. The maximum absolute atomic E-state index is 12.0. The molecule has 1 aromatic carbocycles. The number of thiophene rings is 1. The van der Waals surface area contributed by atoms with Gasteiger partial charge in [-0.15, -0.1) is 11.3 Å². The van der Waals surface area contributed by atoms with Crippen LogP contribution in [0.1, 0.15) is 23.0 Å². The largest absolute Gasteiger partial charge is 0.454 e. The lowest BCUT2D eigenvalue weighted by atomic mass is 10.2. The number of nitrogens with zero attached hydrogens (tertiary/aromatic N) is 1. The highest BCUT2D eigenvalue weighted by molar-refractivity contribution is 7.21. The number of nitrogen functional groups attached to an aromatic ring is 1. The van der Waals surface area contributed by atoms with Crippen LogP contribution in [0, 0.1) is 0 Å². The molecule has 0 saturated carbocycles. The van der Waals surface area contributed by atoms with E-state index in [0.717, 1.165) is 26.9 Å². The van der Waals surface area contributed by atoms with Gasteiger partial charge in [-0.05, 0) is 24.3 Å². The van der Waals surface area contributed by atoms with Crippen LogP contribution < -0.4 is 5.73 Å². The first-order chi connectivity index (χ1) is 11.2. The third-order valence-electron chi connectivity index (χ3n) is 3.85. The molecule has 0 bridgehead atoms. The zero-order chi connectivity index (χ0) is 16.0. The molecule has 0 aliphatic rings. The van der Waals surface area contributed by atoms with E-state index in [1.165, 1.54) is 11.3 Å². The fourth-order valence-corrected chi connectivity index (χ4v) is 3.71. The van der Waals surface area contributed by atoms with Gasteiger partial charge < -0.3 is 10.2 Å². The summed E-state index contributed by atoms with van der Waals surface area (Å²) in [6.45, 7) is 1.83. The zero-order valence-corrected chi connectivity index (χ0v) is 13.3. The van der Waals surface area contributed by atoms with E-state index in [1.54, 1.807) is 0 Å². The van der Waals surface area contributed by atoms with Crippen molar-refractivity contribution in [3.8, 4) is 11.5 Å². The number of rotatable bonds is 3. The normalized spacial score (nSPS) is 11.3. The minimum Gasteiger partial charge on any atom is -0.454 e. The molecule has 0 spiro atoms. The number of benzene rings is 1. The third kappa shape index (κ3) is 2.21. The molecule has 0 unspecified atom stereocenters. The van der Waals surface area contributed by atoms with Crippen molar-refractivity contribution in [3.63, 3.8) is 0 Å². The monoisotopic (exact) mass is 322 g/mol. The number of hydrogen-bond donors (Lipinski definition) is 1. The standard InChI is InChI=1S/C18H14N2O2S/c1-2-13(21)17-16(19)11-7-8-12(20-18(11)23-17)15-9-10-5-3-4-6-14(10)22-15/h3-9H,2,19H2,1H3. The van der Waals surface area contributed by atoms with Gasteiger partial charge in [-0.2, -0.15) is 0 Å². The van der Waals surface area contributed by atoms with Gasteiger partial charge >= 0.3 is 0 Å². The van der Waals surface area contributed by atoms with Crippen LogP contribution in [0.15, 0.2) is 46.9 Å². The Balaban J connectivity index is 1.86. The summed E-state index contributed by atoms with van der Waals surface area (Å²) in [5.41, 5.74) is 8.19. The van der Waals surface area contributed by atoms with Gasteiger partial charge in [-0.1, -0.05) is 25.1 Å². The van der Waals surface area contributed by atoms with Crippen molar-refractivity contribution in [2.24, 2.45) is 0 Å². The van der Waals surface area contributed by atoms with E-state index >= 15 is 0 Å². The number of hydrogen-bond acceptors (Lipinski definition) is 5. The van der Waals surface area contributed by atoms with Gasteiger partial charge in [0.25, 0.3) is 0 Å². The van der Waals surface area contributed by atoms with Gasteiger partial charge in [0, 0.05) is 17.2 Å². The number of para-hydroxylation sites is 1. The summed E-state index contributed by atoms with van der Waals surface area (Å²) >= 11 is 1.34. The second-order valence-corrected chi connectivity index (χ2v) is 6.32. The number of carbonyl (C=O) groups is 1. The number of fused-ring (bicyclic) bond motifs is 2. The molecule has 0 amide bonds. The number of Topliss-reactive ketones (excluding diaryl/α,β-unsaturated/α-hetero) is 1. The number of nitrogens with two attached hydrogens (primary N) is 1. The Kier molecular flexibility index (Phi) is 3.16. The smallest absolute Gasteiger partial charge is 0.174 e. The molecule has 0 saturated heterocycles. The van der Waals surface area contributed by atoms with Crippen molar-refractivity contribution >= 4 is 44.0 Å². The number of aromatic nitrogens is 1. The molecule has 4 nitrogen and oxygen atoms in total. The summed E-state index contributed by atoms with van der Waals surface area (Å²) in [6, 6.07) is 13.6. The first kappa shape index (κ1) is 14.0. The average molecular weight is 322 g/mol. The molecule has 0 fully saturated rings. The topological polar surface area (TPSA) is 69.1 Å². The second kappa shape index (κ2) is 5.21. The fourth-order valence-electron chi connectivity index (χ4n) is 2.61. The molecule has 4 aromatic rings.